The molecule has 222 valence electrons. The van der Waals surface area contributed by atoms with Crippen LogP contribution in [0.25, 0.3) is 0 Å². The molecule has 0 saturated heterocycles. The van der Waals surface area contributed by atoms with Crippen LogP contribution in [0.15, 0.2) is 33.9 Å². The summed E-state index contributed by atoms with van der Waals surface area (Å²) in [6.07, 6.45) is 1.60. The molecule has 3 aliphatic carbocycles. The summed E-state index contributed by atoms with van der Waals surface area (Å²) in [4.78, 5) is 46.0. The molecule has 12 heteroatoms. The summed E-state index contributed by atoms with van der Waals surface area (Å²) in [6, 6.07) is 0.660. The maximum absolute atomic E-state index is 14.1. The van der Waals surface area contributed by atoms with E-state index in [-0.39, 0.29) is 41.7 Å². The van der Waals surface area contributed by atoms with Gasteiger partial charge in [-0.1, -0.05) is 25.9 Å². The Kier molecular flexibility index (Phi) is 7.80. The number of aromatic hydroxyl groups is 1. The molecular formula is C29H38N4O8. The number of hydrogen-bond acceptors (Lipinski definition) is 11. The highest BCUT2D eigenvalue weighted by Crippen LogP contribution is 2.52. The Bertz CT molecular complexity index is 1400. The van der Waals surface area contributed by atoms with Gasteiger partial charge in [0, 0.05) is 35.7 Å². The molecule has 0 bridgehead atoms. The first kappa shape index (κ1) is 30.2. The van der Waals surface area contributed by atoms with Crippen LogP contribution in [-0.4, -0.2) is 88.4 Å². The van der Waals surface area contributed by atoms with Gasteiger partial charge in [0.05, 0.1) is 17.8 Å². The first-order valence-electron chi connectivity index (χ1n) is 13.4. The number of primary amides is 1. The third-order valence-electron chi connectivity index (χ3n) is 8.10. The second kappa shape index (κ2) is 10.6. The smallest absolute Gasteiger partial charge is 0.255 e. The number of nitrogens with zero attached hydrogens (tertiary/aromatic N) is 2. The summed E-state index contributed by atoms with van der Waals surface area (Å²) in [6.45, 7) is 7.01. The van der Waals surface area contributed by atoms with Gasteiger partial charge < -0.3 is 36.3 Å². The lowest BCUT2D eigenvalue weighted by molar-refractivity contribution is -0.148. The van der Waals surface area contributed by atoms with Crippen molar-refractivity contribution in [1.82, 2.24) is 10.2 Å². The van der Waals surface area contributed by atoms with Crippen molar-refractivity contribution in [2.45, 2.75) is 51.8 Å². The van der Waals surface area contributed by atoms with Gasteiger partial charge in [-0.25, -0.2) is 0 Å². The number of phenolic OH excluding ortho intramolecular Hbond substituents is 1. The highest BCUT2D eigenvalue weighted by Gasteiger charge is 2.63. The number of hydrogen-bond donors (Lipinski definition) is 6. The van der Waals surface area contributed by atoms with E-state index in [1.165, 1.54) is 18.2 Å². The summed E-state index contributed by atoms with van der Waals surface area (Å²) >= 11 is 0. The molecule has 0 heterocycles. The largest absolute Gasteiger partial charge is 0.510 e. The van der Waals surface area contributed by atoms with Gasteiger partial charge >= 0.3 is 0 Å². The second-order valence-electron chi connectivity index (χ2n) is 12.4. The average Bonchev–Trinajstić information content (AvgIpc) is 2.85. The number of fused-ring (bicyclic) bond motifs is 3. The molecule has 0 unspecified atom stereocenters. The van der Waals surface area contributed by atoms with E-state index in [2.05, 4.69) is 31.2 Å². The van der Waals surface area contributed by atoms with Crippen molar-refractivity contribution in [3.8, 4) is 5.75 Å². The van der Waals surface area contributed by atoms with Gasteiger partial charge in [0.15, 0.2) is 11.4 Å². The fraction of sp³-hybridized carbons (Fsp3) is 0.517. The Morgan fingerprint density at radius 2 is 1.93 bits per heavy atom. The molecule has 3 aliphatic rings. The van der Waals surface area contributed by atoms with E-state index >= 15 is 0 Å². The Balaban J connectivity index is 1.90. The van der Waals surface area contributed by atoms with E-state index in [1.54, 1.807) is 20.2 Å². The topological polar surface area (TPSA) is 195 Å². The van der Waals surface area contributed by atoms with Crippen molar-refractivity contribution in [1.29, 1.82) is 0 Å². The van der Waals surface area contributed by atoms with Gasteiger partial charge in [-0.05, 0) is 49.9 Å². The number of nitrogens with one attached hydrogen (secondary N) is 1. The number of rotatable bonds is 7. The van der Waals surface area contributed by atoms with Gasteiger partial charge in [0.25, 0.3) is 5.91 Å². The molecule has 0 aliphatic heterocycles. The van der Waals surface area contributed by atoms with Gasteiger partial charge in [0.2, 0.25) is 5.78 Å². The number of phenols is 1. The molecule has 0 aromatic heterocycles. The molecule has 0 radical (unpaired) electrons. The summed E-state index contributed by atoms with van der Waals surface area (Å²) < 4.78 is 0. The fourth-order valence-corrected chi connectivity index (χ4v) is 6.34. The molecule has 1 amide bonds. The van der Waals surface area contributed by atoms with Crippen LogP contribution in [0.5, 0.6) is 5.75 Å². The van der Waals surface area contributed by atoms with Crippen molar-refractivity contribution in [2.24, 2.45) is 28.1 Å². The molecule has 4 rings (SSSR count). The number of aliphatic hydroxyl groups excluding tert-OH is 2. The minimum atomic E-state index is -2.69. The number of likely N-dealkylation sites (N-methyl/N-ethyl adjacent to an activating group) is 1. The van der Waals surface area contributed by atoms with Crippen molar-refractivity contribution in [3.05, 3.63) is 51.0 Å². The quantitative estimate of drug-likeness (QED) is 0.158. The van der Waals surface area contributed by atoms with Crippen molar-refractivity contribution in [3.63, 3.8) is 0 Å². The van der Waals surface area contributed by atoms with Crippen molar-refractivity contribution < 1.29 is 39.6 Å². The van der Waals surface area contributed by atoms with Gasteiger partial charge in [0.1, 0.15) is 30.0 Å². The zero-order valence-electron chi connectivity index (χ0n) is 24.1. The second-order valence-corrected chi connectivity index (χ2v) is 12.4. The van der Waals surface area contributed by atoms with E-state index in [4.69, 9.17) is 10.6 Å². The van der Waals surface area contributed by atoms with Crippen LogP contribution in [0, 0.1) is 17.3 Å². The zero-order valence-corrected chi connectivity index (χ0v) is 24.1. The SMILES string of the molecule is CO/N=C/c1cc(CNCC(C)(C)C)c(O)c2c1C[C@H]1C[C@H]3[C@@H](N(C)C)C(O)=C(C(N)=O)C(=O)[C@@]3(O)C(O)=C1C2=O. The van der Waals surface area contributed by atoms with E-state index in [0.717, 1.165) is 0 Å². The molecule has 0 fully saturated rings. The number of allylic oxidation sites excluding steroid dienone is 1. The summed E-state index contributed by atoms with van der Waals surface area (Å²) in [5.74, 6) is -6.87. The summed E-state index contributed by atoms with van der Waals surface area (Å²) in [5, 5.41) is 52.6. The predicted octanol–water partition coefficient (Wildman–Crippen LogP) is 1.24. The van der Waals surface area contributed by atoms with Crippen LogP contribution in [-0.2, 0) is 27.4 Å². The molecular weight excluding hydrogens is 532 g/mol. The number of amides is 1. The zero-order chi connectivity index (χ0) is 30.6. The van der Waals surface area contributed by atoms with Crippen LogP contribution < -0.4 is 11.1 Å². The van der Waals surface area contributed by atoms with Crippen molar-refractivity contribution >= 4 is 23.7 Å². The summed E-state index contributed by atoms with van der Waals surface area (Å²) in [7, 11) is 4.54. The average molecular weight is 571 g/mol. The highest BCUT2D eigenvalue weighted by molar-refractivity contribution is 6.25. The Hall–Kier alpha value is -3.74. The summed E-state index contributed by atoms with van der Waals surface area (Å²) in [5.41, 5.74) is 2.95. The molecule has 1 aromatic carbocycles. The predicted molar refractivity (Wildman–Crippen MR) is 149 cm³/mol. The third-order valence-corrected chi connectivity index (χ3v) is 8.10. The lowest BCUT2D eigenvalue weighted by Crippen LogP contribution is -2.63. The highest BCUT2D eigenvalue weighted by atomic mass is 16.6. The number of benzene rings is 1. The van der Waals surface area contributed by atoms with Crippen LogP contribution in [0.4, 0.5) is 0 Å². The number of aliphatic hydroxyl groups is 3. The monoisotopic (exact) mass is 570 g/mol. The number of carbonyl (C=O) groups excluding carboxylic acids is 3. The van der Waals surface area contributed by atoms with E-state index in [1.807, 2.05) is 0 Å². The normalized spacial score (nSPS) is 26.4. The van der Waals surface area contributed by atoms with Crippen LogP contribution in [0.3, 0.4) is 0 Å². The van der Waals surface area contributed by atoms with Gasteiger partial charge in [-0.3, -0.25) is 19.3 Å². The minimum Gasteiger partial charge on any atom is -0.510 e. The molecule has 7 N–H and O–H groups in total. The van der Waals surface area contributed by atoms with Crippen molar-refractivity contribution in [2.75, 3.05) is 27.7 Å². The number of carbonyl (C=O) groups is 3. The third kappa shape index (κ3) is 4.89. The Morgan fingerprint density at radius 3 is 2.49 bits per heavy atom. The van der Waals surface area contributed by atoms with E-state index in [9.17, 15) is 34.8 Å². The lowest BCUT2D eigenvalue weighted by Gasteiger charge is -2.50. The maximum Gasteiger partial charge on any atom is 0.255 e. The van der Waals surface area contributed by atoms with Crippen LogP contribution in [0.2, 0.25) is 0 Å². The maximum atomic E-state index is 14.1. The number of ketones is 2. The van der Waals surface area contributed by atoms with E-state index in [0.29, 0.717) is 23.2 Å². The fourth-order valence-electron chi connectivity index (χ4n) is 6.34. The first-order chi connectivity index (χ1) is 19.1. The van der Waals surface area contributed by atoms with Gasteiger partial charge in [-0.2, -0.15) is 0 Å². The molecule has 1 aromatic rings. The molecule has 0 saturated carbocycles. The number of Topliss-reactive ketones (excluding diaryl/α,β-unsaturated/α-hetero) is 2. The standard InChI is InChI=1S/C29H38N4O8/c1-28(2,3)12-31-10-15-7-14(11-32-41-6)16-8-13-9-17-21(33(4)5)24(36)20(27(30)39)26(38)29(17,40)25(37)18(13)23(35)19(16)22(15)34/h7,11,13,17,21,31,34,36-37,40H,8-10,12H2,1-6H3,(H2,30,39)/b32-11+/t13-,17-,21+,29-/m0/s1. The number of nitrogens with two attached hydrogens (primary N) is 1. The number of oxime groups is 1. The van der Waals surface area contributed by atoms with Crippen LogP contribution >= 0.6 is 0 Å². The Morgan fingerprint density at radius 1 is 1.27 bits per heavy atom. The Labute approximate surface area is 238 Å². The van der Waals surface area contributed by atoms with E-state index < -0.39 is 58.0 Å². The molecule has 4 atom stereocenters. The molecule has 0 spiro atoms. The lowest BCUT2D eigenvalue weighted by atomic mass is 9.58. The van der Waals surface area contributed by atoms with Crippen LogP contribution in [0.1, 0.15) is 54.2 Å². The first-order valence-corrected chi connectivity index (χ1v) is 13.4. The van der Waals surface area contributed by atoms with Gasteiger partial charge in [-0.15, -0.1) is 0 Å². The minimum absolute atomic E-state index is 0.00226. The molecule has 12 nitrogen and oxygen atoms in total. The molecule has 41 heavy (non-hydrogen) atoms.